The molecule has 0 aliphatic heterocycles. The zero-order valence-corrected chi connectivity index (χ0v) is 14.0. The lowest BCUT2D eigenvalue weighted by Gasteiger charge is -2.19. The monoisotopic (exact) mass is 369 g/mol. The van der Waals surface area contributed by atoms with Crippen LogP contribution in [0.3, 0.4) is 0 Å². The third-order valence-corrected chi connectivity index (χ3v) is 5.31. The predicted molar refractivity (Wildman–Crippen MR) is 79.9 cm³/mol. The molecule has 10 heteroatoms. The van der Waals surface area contributed by atoms with Gasteiger partial charge in [0.15, 0.2) is 0 Å². The van der Waals surface area contributed by atoms with Gasteiger partial charge in [0.05, 0.1) is 24.1 Å². The fraction of sp³-hybridized carbons (Fsp3) is 0.333. The molecule has 1 N–H and O–H groups in total. The Labute approximate surface area is 137 Å². The number of ether oxygens (including phenoxy) is 1. The van der Waals surface area contributed by atoms with Gasteiger partial charge in [0, 0.05) is 18.6 Å². The Morgan fingerprint density at radius 2 is 1.91 bits per heavy atom. The van der Waals surface area contributed by atoms with E-state index >= 15 is 0 Å². The normalized spacial score (nSPS) is 11.5. The lowest BCUT2D eigenvalue weighted by molar-refractivity contribution is -0.137. The van der Waals surface area contributed by atoms with Crippen LogP contribution in [0.5, 0.6) is 0 Å². The van der Waals surface area contributed by atoms with Crippen molar-refractivity contribution in [1.29, 1.82) is 0 Å². The summed E-state index contributed by atoms with van der Waals surface area (Å²) in [5.74, 6) is -2.08. The van der Waals surface area contributed by atoms with Gasteiger partial charge in [-0.25, -0.2) is 17.5 Å². The Morgan fingerprint density at radius 3 is 2.41 bits per heavy atom. The molecule has 1 aromatic rings. The average molecular weight is 370 g/mol. The first-order chi connectivity index (χ1) is 10.1. The molecule has 0 radical (unpaired) electrons. The van der Waals surface area contributed by atoms with Gasteiger partial charge in [0.2, 0.25) is 10.0 Å². The van der Waals surface area contributed by atoms with Crippen molar-refractivity contribution in [3.8, 4) is 0 Å². The fourth-order valence-electron chi connectivity index (χ4n) is 1.61. The van der Waals surface area contributed by atoms with Crippen LogP contribution in [0.15, 0.2) is 17.0 Å². The molecule has 7 nitrogen and oxygen atoms in total. The van der Waals surface area contributed by atoms with Gasteiger partial charge in [-0.3, -0.25) is 4.79 Å². The van der Waals surface area contributed by atoms with Crippen molar-refractivity contribution >= 4 is 45.2 Å². The van der Waals surface area contributed by atoms with Crippen molar-refractivity contribution < 1.29 is 27.9 Å². The van der Waals surface area contributed by atoms with E-state index in [9.17, 15) is 18.0 Å². The molecule has 0 spiro atoms. The summed E-state index contributed by atoms with van der Waals surface area (Å²) in [7, 11) is -1.92. The summed E-state index contributed by atoms with van der Waals surface area (Å²) in [6, 6.07) is 2.30. The van der Waals surface area contributed by atoms with E-state index in [2.05, 4.69) is 4.74 Å². The van der Waals surface area contributed by atoms with Gasteiger partial charge >= 0.3 is 11.9 Å². The summed E-state index contributed by atoms with van der Waals surface area (Å²) >= 11 is 11.7. The van der Waals surface area contributed by atoms with Crippen molar-refractivity contribution in [2.45, 2.75) is 11.3 Å². The molecule has 0 bridgehead atoms. The molecule has 1 rings (SSSR count). The van der Waals surface area contributed by atoms with Crippen LogP contribution in [0.2, 0.25) is 10.0 Å². The van der Waals surface area contributed by atoms with Crippen molar-refractivity contribution in [3.05, 3.63) is 27.7 Å². The van der Waals surface area contributed by atoms with E-state index in [0.717, 1.165) is 17.5 Å². The number of hydrogen-bond donors (Lipinski definition) is 1. The molecule has 1 aromatic carbocycles. The Kier molecular flexibility index (Phi) is 6.18. The van der Waals surface area contributed by atoms with E-state index in [4.69, 9.17) is 28.3 Å². The number of carboxylic acid groups (broad SMARTS) is 1. The molecule has 0 aliphatic carbocycles. The largest absolute Gasteiger partial charge is 0.481 e. The fourth-order valence-corrected chi connectivity index (χ4v) is 3.77. The molecule has 22 heavy (non-hydrogen) atoms. The van der Waals surface area contributed by atoms with Crippen molar-refractivity contribution in [2.75, 3.05) is 20.7 Å². The topological polar surface area (TPSA) is 101 Å². The number of halogens is 2. The van der Waals surface area contributed by atoms with Gasteiger partial charge < -0.3 is 9.84 Å². The van der Waals surface area contributed by atoms with Crippen molar-refractivity contribution in [2.24, 2.45) is 0 Å². The van der Waals surface area contributed by atoms with Crippen LogP contribution in [-0.2, 0) is 19.6 Å². The van der Waals surface area contributed by atoms with E-state index in [1.54, 1.807) is 0 Å². The number of benzene rings is 1. The van der Waals surface area contributed by atoms with E-state index in [-0.39, 0.29) is 22.2 Å². The molecule has 0 atom stereocenters. The second-order valence-corrected chi connectivity index (χ2v) is 7.05. The molecule has 0 fully saturated rings. The van der Waals surface area contributed by atoms with Crippen molar-refractivity contribution in [3.63, 3.8) is 0 Å². The van der Waals surface area contributed by atoms with Crippen LogP contribution in [0.25, 0.3) is 0 Å². The maximum absolute atomic E-state index is 12.5. The Bertz CT molecular complexity index is 704. The van der Waals surface area contributed by atoms with E-state index in [1.807, 2.05) is 0 Å². The molecule has 0 aromatic heterocycles. The Balaban J connectivity index is 3.40. The first-order valence-corrected chi connectivity index (χ1v) is 8.06. The number of carbonyl (C=O) groups excluding carboxylic acids is 1. The van der Waals surface area contributed by atoms with Crippen molar-refractivity contribution in [1.82, 2.24) is 4.31 Å². The molecule has 122 valence electrons. The third kappa shape index (κ3) is 4.10. The molecule has 0 heterocycles. The van der Waals surface area contributed by atoms with E-state index in [0.29, 0.717) is 0 Å². The molecular formula is C12H13Cl2NO6S. The number of nitrogens with zero attached hydrogens (tertiary/aromatic N) is 1. The first kappa shape index (κ1) is 18.7. The number of carbonyl (C=O) groups is 2. The predicted octanol–water partition coefficient (Wildman–Crippen LogP) is 1.88. The minimum Gasteiger partial charge on any atom is -0.481 e. The molecule has 0 unspecified atom stereocenters. The van der Waals surface area contributed by atoms with Crippen LogP contribution in [0.1, 0.15) is 16.8 Å². The number of aliphatic carboxylic acids is 1. The number of methoxy groups -OCH3 is 1. The highest BCUT2D eigenvalue weighted by molar-refractivity contribution is 7.89. The smallest absolute Gasteiger partial charge is 0.339 e. The van der Waals surface area contributed by atoms with Gasteiger partial charge in [-0.15, -0.1) is 0 Å². The van der Waals surface area contributed by atoms with E-state index < -0.39 is 33.3 Å². The Morgan fingerprint density at radius 1 is 1.32 bits per heavy atom. The minimum absolute atomic E-state index is 0.0672. The number of sulfonamides is 1. The zero-order chi connectivity index (χ0) is 17.1. The number of carboxylic acids is 1. The zero-order valence-electron chi connectivity index (χ0n) is 11.7. The maximum Gasteiger partial charge on any atom is 0.339 e. The molecule has 0 saturated heterocycles. The second-order valence-electron chi connectivity index (χ2n) is 4.23. The van der Waals surface area contributed by atoms with Crippen LogP contribution >= 0.6 is 23.2 Å². The maximum atomic E-state index is 12.5. The highest BCUT2D eigenvalue weighted by Crippen LogP contribution is 2.31. The number of hydrogen-bond acceptors (Lipinski definition) is 5. The summed E-state index contributed by atoms with van der Waals surface area (Å²) in [6.07, 6.45) is -0.394. The van der Waals surface area contributed by atoms with Crippen LogP contribution < -0.4 is 0 Å². The highest BCUT2D eigenvalue weighted by Gasteiger charge is 2.30. The summed E-state index contributed by atoms with van der Waals surface area (Å²) in [6.45, 7) is -0.281. The standard InChI is InChI=1S/C12H13Cl2NO6S/c1-15(4-3-10(16)17)22(19,20)11-8(12(18)21-2)5-7(13)6-9(11)14/h5-6H,3-4H2,1-2H3,(H,16,17). The van der Waals surface area contributed by atoms with Crippen LogP contribution in [0.4, 0.5) is 0 Å². The summed E-state index contributed by atoms with van der Waals surface area (Å²) in [5, 5.41) is 8.44. The van der Waals surface area contributed by atoms with Gasteiger partial charge in [0.25, 0.3) is 0 Å². The average Bonchev–Trinajstić information content (AvgIpc) is 2.42. The molecule has 0 aliphatic rings. The van der Waals surface area contributed by atoms with Crippen LogP contribution in [0, 0.1) is 0 Å². The third-order valence-electron chi connectivity index (χ3n) is 2.72. The highest BCUT2D eigenvalue weighted by atomic mass is 35.5. The second kappa shape index (κ2) is 7.28. The molecule has 0 saturated carbocycles. The van der Waals surface area contributed by atoms with Gasteiger partial charge in [-0.05, 0) is 12.1 Å². The number of rotatable bonds is 6. The number of esters is 1. The summed E-state index contributed by atoms with van der Waals surface area (Å²) < 4.78 is 30.4. The lowest BCUT2D eigenvalue weighted by Crippen LogP contribution is -2.30. The molecular weight excluding hydrogens is 357 g/mol. The quantitative estimate of drug-likeness (QED) is 0.768. The van der Waals surface area contributed by atoms with Gasteiger partial charge in [-0.2, -0.15) is 0 Å². The summed E-state index contributed by atoms with van der Waals surface area (Å²) in [4.78, 5) is 21.8. The Hall–Kier alpha value is -1.35. The molecule has 0 amide bonds. The lowest BCUT2D eigenvalue weighted by atomic mass is 10.2. The minimum atomic E-state index is -4.19. The summed E-state index contributed by atoms with van der Waals surface area (Å²) in [5.41, 5.74) is -0.317. The van der Waals surface area contributed by atoms with E-state index in [1.165, 1.54) is 13.1 Å². The SMILES string of the molecule is COC(=O)c1cc(Cl)cc(Cl)c1S(=O)(=O)N(C)CCC(=O)O. The first-order valence-electron chi connectivity index (χ1n) is 5.86. The van der Waals surface area contributed by atoms with Crippen LogP contribution in [-0.4, -0.2) is 50.5 Å². The van der Waals surface area contributed by atoms with Gasteiger partial charge in [-0.1, -0.05) is 23.2 Å². The van der Waals surface area contributed by atoms with Gasteiger partial charge in [0.1, 0.15) is 4.90 Å².